The summed E-state index contributed by atoms with van der Waals surface area (Å²) < 4.78 is 24.4. The van der Waals surface area contributed by atoms with E-state index in [1.165, 1.54) is 18.2 Å². The van der Waals surface area contributed by atoms with E-state index < -0.39 is 17.4 Å². The third kappa shape index (κ3) is 3.40. The fraction of sp³-hybridized carbons (Fsp3) is 0.588. The number of carbonyl (C=O) groups excluding carboxylic acids is 1. The van der Waals surface area contributed by atoms with Crippen LogP contribution in [0.2, 0.25) is 0 Å². The Labute approximate surface area is 130 Å². The van der Waals surface area contributed by atoms with Crippen molar-refractivity contribution < 1.29 is 23.8 Å². The summed E-state index contributed by atoms with van der Waals surface area (Å²) in [6, 6.07) is 4.01. The summed E-state index contributed by atoms with van der Waals surface area (Å²) >= 11 is 0. The van der Waals surface area contributed by atoms with Gasteiger partial charge in [0, 0.05) is 12.0 Å². The van der Waals surface area contributed by atoms with Gasteiger partial charge in [-0.1, -0.05) is 20.8 Å². The zero-order chi connectivity index (χ0) is 16.5. The topological polar surface area (TPSA) is 55.8 Å². The van der Waals surface area contributed by atoms with Crippen LogP contribution >= 0.6 is 0 Å². The number of hydrogen-bond acceptors (Lipinski definition) is 4. The van der Waals surface area contributed by atoms with Gasteiger partial charge in [0.1, 0.15) is 23.3 Å². The summed E-state index contributed by atoms with van der Waals surface area (Å²) in [7, 11) is 0. The van der Waals surface area contributed by atoms with Crippen LogP contribution in [0.15, 0.2) is 18.2 Å². The molecule has 0 fully saturated rings. The van der Waals surface area contributed by atoms with Gasteiger partial charge in [-0.05, 0) is 30.5 Å². The molecule has 0 aliphatic carbocycles. The molecule has 2 atom stereocenters. The molecule has 1 N–H and O–H groups in total. The first-order chi connectivity index (χ1) is 10.2. The highest BCUT2D eigenvalue weighted by atomic mass is 19.1. The predicted octanol–water partition coefficient (Wildman–Crippen LogP) is 3.16. The lowest BCUT2D eigenvalue weighted by molar-refractivity contribution is -0.152. The second-order valence-electron chi connectivity index (χ2n) is 6.83. The molecule has 1 aromatic rings. The smallest absolute Gasteiger partial charge is 0.309 e. The molecule has 5 heteroatoms. The zero-order valence-electron chi connectivity index (χ0n) is 13.5. The Balaban J connectivity index is 2.42. The van der Waals surface area contributed by atoms with Crippen molar-refractivity contribution in [1.82, 2.24) is 0 Å². The van der Waals surface area contributed by atoms with Crippen molar-refractivity contribution in [3.05, 3.63) is 29.6 Å². The van der Waals surface area contributed by atoms with Crippen LogP contribution < -0.4 is 4.74 Å². The molecule has 0 bridgehead atoms. The lowest BCUT2D eigenvalue weighted by Crippen LogP contribution is -2.45. The number of esters is 1. The molecule has 0 spiro atoms. The van der Waals surface area contributed by atoms with Gasteiger partial charge in [0.25, 0.3) is 0 Å². The molecule has 0 radical (unpaired) electrons. The molecule has 1 aliphatic heterocycles. The SMILES string of the molecule is CCOC(=O)C[C@]1(O)C[C@@H](C(C)(C)C)Oc2ccc(F)cc21. The van der Waals surface area contributed by atoms with Crippen LogP contribution in [0.5, 0.6) is 5.75 Å². The third-order valence-corrected chi connectivity index (χ3v) is 3.94. The maximum Gasteiger partial charge on any atom is 0.309 e. The van der Waals surface area contributed by atoms with Crippen molar-refractivity contribution in [2.24, 2.45) is 5.41 Å². The lowest BCUT2D eigenvalue weighted by atomic mass is 9.75. The third-order valence-electron chi connectivity index (χ3n) is 3.94. The minimum absolute atomic E-state index is 0.214. The molecule has 0 aromatic heterocycles. The molecule has 2 rings (SSSR count). The second kappa shape index (κ2) is 5.88. The Kier molecular flexibility index (Phi) is 4.47. The van der Waals surface area contributed by atoms with Gasteiger partial charge in [0.05, 0.1) is 13.0 Å². The molecular formula is C17H23FO4. The molecule has 0 amide bonds. The van der Waals surface area contributed by atoms with Crippen LogP contribution in [0.3, 0.4) is 0 Å². The average Bonchev–Trinajstić information content (AvgIpc) is 2.38. The predicted molar refractivity (Wildman–Crippen MR) is 80.0 cm³/mol. The van der Waals surface area contributed by atoms with Crippen LogP contribution in [-0.4, -0.2) is 23.8 Å². The van der Waals surface area contributed by atoms with Gasteiger partial charge in [-0.3, -0.25) is 4.79 Å². The minimum Gasteiger partial charge on any atom is -0.489 e. The van der Waals surface area contributed by atoms with E-state index in [4.69, 9.17) is 9.47 Å². The molecular weight excluding hydrogens is 287 g/mol. The maximum absolute atomic E-state index is 13.6. The Hall–Kier alpha value is -1.62. The fourth-order valence-electron chi connectivity index (χ4n) is 2.68. The molecule has 1 aromatic carbocycles. The quantitative estimate of drug-likeness (QED) is 0.871. The standard InChI is InChI=1S/C17H23FO4/c1-5-21-15(19)10-17(20)9-14(16(2,3)4)22-13-7-6-11(18)8-12(13)17/h6-8,14,20H,5,9-10H2,1-4H3/t14-,17+/m0/s1. The normalized spacial score (nSPS) is 24.4. The van der Waals surface area contributed by atoms with E-state index in [0.29, 0.717) is 11.3 Å². The van der Waals surface area contributed by atoms with Crippen molar-refractivity contribution in [2.75, 3.05) is 6.61 Å². The maximum atomic E-state index is 13.6. The molecule has 1 aliphatic rings. The molecule has 4 nitrogen and oxygen atoms in total. The zero-order valence-corrected chi connectivity index (χ0v) is 13.5. The first kappa shape index (κ1) is 16.7. The van der Waals surface area contributed by atoms with Crippen molar-refractivity contribution in [2.45, 2.75) is 52.2 Å². The molecule has 0 saturated heterocycles. The van der Waals surface area contributed by atoms with E-state index >= 15 is 0 Å². The van der Waals surface area contributed by atoms with Crippen LogP contribution in [-0.2, 0) is 15.1 Å². The van der Waals surface area contributed by atoms with Crippen LogP contribution in [0.1, 0.15) is 46.1 Å². The van der Waals surface area contributed by atoms with Crippen molar-refractivity contribution in [3.63, 3.8) is 0 Å². The summed E-state index contributed by atoms with van der Waals surface area (Å²) in [6.45, 7) is 7.94. The van der Waals surface area contributed by atoms with E-state index in [-0.39, 0.29) is 31.0 Å². The fourth-order valence-corrected chi connectivity index (χ4v) is 2.68. The Bertz CT molecular complexity index is 564. The number of fused-ring (bicyclic) bond motifs is 1. The Morgan fingerprint density at radius 2 is 2.18 bits per heavy atom. The summed E-state index contributed by atoms with van der Waals surface area (Å²) in [5.41, 5.74) is -1.41. The summed E-state index contributed by atoms with van der Waals surface area (Å²) in [5.74, 6) is -0.562. The van der Waals surface area contributed by atoms with Crippen molar-refractivity contribution in [1.29, 1.82) is 0 Å². The van der Waals surface area contributed by atoms with E-state index in [0.717, 1.165) is 0 Å². The Morgan fingerprint density at radius 1 is 1.50 bits per heavy atom. The number of hydrogen-bond donors (Lipinski definition) is 1. The largest absolute Gasteiger partial charge is 0.489 e. The van der Waals surface area contributed by atoms with E-state index in [1.807, 2.05) is 20.8 Å². The first-order valence-electron chi connectivity index (χ1n) is 7.50. The summed E-state index contributed by atoms with van der Waals surface area (Å²) in [4.78, 5) is 11.9. The van der Waals surface area contributed by atoms with E-state index in [1.54, 1.807) is 6.92 Å². The van der Waals surface area contributed by atoms with Crippen molar-refractivity contribution in [3.8, 4) is 5.75 Å². The highest BCUT2D eigenvalue weighted by Gasteiger charge is 2.45. The molecule has 0 saturated carbocycles. The number of halogens is 1. The molecule has 1 heterocycles. The van der Waals surface area contributed by atoms with E-state index in [9.17, 15) is 14.3 Å². The minimum atomic E-state index is -1.49. The van der Waals surface area contributed by atoms with Gasteiger partial charge < -0.3 is 14.6 Å². The molecule has 122 valence electrons. The first-order valence-corrected chi connectivity index (χ1v) is 7.50. The second-order valence-corrected chi connectivity index (χ2v) is 6.83. The summed E-state index contributed by atoms with van der Waals surface area (Å²) in [5, 5.41) is 11.0. The average molecular weight is 310 g/mol. The monoisotopic (exact) mass is 310 g/mol. The van der Waals surface area contributed by atoms with Crippen LogP contribution in [0.4, 0.5) is 4.39 Å². The Morgan fingerprint density at radius 3 is 2.77 bits per heavy atom. The number of rotatable bonds is 3. The van der Waals surface area contributed by atoms with Crippen LogP contribution in [0.25, 0.3) is 0 Å². The van der Waals surface area contributed by atoms with E-state index in [2.05, 4.69) is 0 Å². The number of carbonyl (C=O) groups is 1. The van der Waals surface area contributed by atoms with Gasteiger partial charge in [0.2, 0.25) is 0 Å². The number of aliphatic hydroxyl groups is 1. The van der Waals surface area contributed by atoms with Gasteiger partial charge >= 0.3 is 5.97 Å². The van der Waals surface area contributed by atoms with Gasteiger partial charge in [-0.2, -0.15) is 0 Å². The van der Waals surface area contributed by atoms with Gasteiger partial charge in [-0.15, -0.1) is 0 Å². The summed E-state index contributed by atoms with van der Waals surface area (Å²) in [6.07, 6.45) is -0.288. The number of benzene rings is 1. The highest BCUT2D eigenvalue weighted by molar-refractivity contribution is 5.71. The lowest BCUT2D eigenvalue weighted by Gasteiger charge is -2.43. The molecule has 22 heavy (non-hydrogen) atoms. The molecule has 0 unspecified atom stereocenters. The highest BCUT2D eigenvalue weighted by Crippen LogP contribution is 2.45. The van der Waals surface area contributed by atoms with Crippen molar-refractivity contribution >= 4 is 5.97 Å². The van der Waals surface area contributed by atoms with Gasteiger partial charge in [-0.25, -0.2) is 4.39 Å². The number of ether oxygens (including phenoxy) is 2. The van der Waals surface area contributed by atoms with Gasteiger partial charge in [0.15, 0.2) is 0 Å². The van der Waals surface area contributed by atoms with Crippen LogP contribution in [0, 0.1) is 11.2 Å².